The van der Waals surface area contributed by atoms with Crippen LogP contribution in [0.3, 0.4) is 0 Å². The summed E-state index contributed by atoms with van der Waals surface area (Å²) in [5.41, 5.74) is 1.60. The second kappa shape index (κ2) is 6.92. The van der Waals surface area contributed by atoms with Crippen LogP contribution in [-0.2, 0) is 0 Å². The van der Waals surface area contributed by atoms with Crippen LogP contribution in [0, 0.1) is 12.7 Å². The Hall–Kier alpha value is -1.58. The molecule has 2 aromatic carbocycles. The average molecular weight is 309 g/mol. The molecule has 21 heavy (non-hydrogen) atoms. The normalized spacial score (nSPS) is 12.2. The predicted octanol–water partition coefficient (Wildman–Crippen LogP) is 4.66. The van der Waals surface area contributed by atoms with E-state index >= 15 is 0 Å². The van der Waals surface area contributed by atoms with Gasteiger partial charge in [-0.3, -0.25) is 0 Å². The van der Waals surface area contributed by atoms with E-state index in [0.29, 0.717) is 29.0 Å². The van der Waals surface area contributed by atoms with Gasteiger partial charge in [-0.1, -0.05) is 30.7 Å². The molecule has 2 rings (SSSR count). The van der Waals surface area contributed by atoms with Crippen LogP contribution in [0.2, 0.25) is 5.02 Å². The minimum Gasteiger partial charge on any atom is -0.494 e. The Bertz CT molecular complexity index is 628. The summed E-state index contributed by atoms with van der Waals surface area (Å²) in [4.78, 5) is 0. The summed E-state index contributed by atoms with van der Waals surface area (Å²) < 4.78 is 19.0. The number of ether oxygens (including phenoxy) is 1. The minimum absolute atomic E-state index is 0.213. The maximum Gasteiger partial charge on any atom is 0.127 e. The molecule has 1 unspecified atom stereocenters. The first-order chi connectivity index (χ1) is 10.0. The fourth-order valence-corrected chi connectivity index (χ4v) is 2.32. The van der Waals surface area contributed by atoms with Crippen LogP contribution in [0.25, 0.3) is 0 Å². The third-order valence-electron chi connectivity index (χ3n) is 3.22. The number of aryl methyl sites for hydroxylation is 1. The smallest absolute Gasteiger partial charge is 0.127 e. The highest BCUT2D eigenvalue weighted by atomic mass is 35.5. The molecule has 0 fully saturated rings. The van der Waals surface area contributed by atoms with Crippen molar-refractivity contribution in [2.75, 3.05) is 6.61 Å². The van der Waals surface area contributed by atoms with Gasteiger partial charge in [0.2, 0.25) is 0 Å². The first kappa shape index (κ1) is 15.8. The highest BCUT2D eigenvalue weighted by molar-refractivity contribution is 6.31. The quantitative estimate of drug-likeness (QED) is 0.870. The van der Waals surface area contributed by atoms with Crippen molar-refractivity contribution in [1.29, 1.82) is 0 Å². The van der Waals surface area contributed by atoms with E-state index in [9.17, 15) is 9.50 Å². The van der Waals surface area contributed by atoms with Gasteiger partial charge in [0.15, 0.2) is 0 Å². The number of halogens is 2. The fourth-order valence-electron chi connectivity index (χ4n) is 2.06. The maximum atomic E-state index is 13.4. The highest BCUT2D eigenvalue weighted by Crippen LogP contribution is 2.31. The molecule has 0 bridgehead atoms. The zero-order valence-corrected chi connectivity index (χ0v) is 12.8. The molecule has 112 valence electrons. The SMILES string of the molecule is CCCOc1cccc(C(O)c2cc(C)c(F)cc2Cl)c1. The van der Waals surface area contributed by atoms with Gasteiger partial charge < -0.3 is 9.84 Å². The van der Waals surface area contributed by atoms with E-state index in [0.717, 1.165) is 6.42 Å². The van der Waals surface area contributed by atoms with Crippen molar-refractivity contribution in [2.45, 2.75) is 26.4 Å². The predicted molar refractivity (Wildman–Crippen MR) is 82.4 cm³/mol. The van der Waals surface area contributed by atoms with Gasteiger partial charge in [-0.2, -0.15) is 0 Å². The van der Waals surface area contributed by atoms with E-state index < -0.39 is 6.10 Å². The average Bonchev–Trinajstić information content (AvgIpc) is 2.48. The summed E-state index contributed by atoms with van der Waals surface area (Å²) in [7, 11) is 0. The molecular weight excluding hydrogens is 291 g/mol. The maximum absolute atomic E-state index is 13.4. The lowest BCUT2D eigenvalue weighted by molar-refractivity contribution is 0.219. The van der Waals surface area contributed by atoms with Crippen LogP contribution in [0.4, 0.5) is 4.39 Å². The van der Waals surface area contributed by atoms with Crippen molar-refractivity contribution >= 4 is 11.6 Å². The van der Waals surface area contributed by atoms with Crippen LogP contribution >= 0.6 is 11.6 Å². The molecule has 0 radical (unpaired) electrons. The van der Waals surface area contributed by atoms with Crippen LogP contribution in [0.15, 0.2) is 36.4 Å². The Balaban J connectivity index is 2.31. The van der Waals surface area contributed by atoms with Crippen molar-refractivity contribution in [2.24, 2.45) is 0 Å². The van der Waals surface area contributed by atoms with Gasteiger partial charge in [0.05, 0.1) is 6.61 Å². The van der Waals surface area contributed by atoms with E-state index in [-0.39, 0.29) is 10.8 Å². The molecule has 0 saturated carbocycles. The standard InChI is InChI=1S/C17H18ClFO2/c1-3-7-21-13-6-4-5-12(9-13)17(20)14-8-11(2)16(19)10-15(14)18/h4-6,8-10,17,20H,3,7H2,1-2H3. The zero-order chi connectivity index (χ0) is 15.4. The summed E-state index contributed by atoms with van der Waals surface area (Å²) in [6.07, 6.45) is -0.00237. The van der Waals surface area contributed by atoms with E-state index in [1.54, 1.807) is 25.1 Å². The van der Waals surface area contributed by atoms with Crippen molar-refractivity contribution < 1.29 is 14.2 Å². The Morgan fingerprint density at radius 3 is 2.76 bits per heavy atom. The van der Waals surface area contributed by atoms with Gasteiger partial charge in [0.1, 0.15) is 17.7 Å². The first-order valence-electron chi connectivity index (χ1n) is 6.89. The van der Waals surface area contributed by atoms with Gasteiger partial charge in [-0.25, -0.2) is 4.39 Å². The van der Waals surface area contributed by atoms with Gasteiger partial charge in [-0.05, 0) is 48.7 Å². The lowest BCUT2D eigenvalue weighted by Crippen LogP contribution is -2.03. The molecule has 2 nitrogen and oxygen atoms in total. The molecule has 0 aliphatic rings. The number of aliphatic hydroxyl groups excluding tert-OH is 1. The van der Waals surface area contributed by atoms with Crippen LogP contribution < -0.4 is 4.74 Å². The molecule has 0 spiro atoms. The summed E-state index contributed by atoms with van der Waals surface area (Å²) in [6.45, 7) is 4.29. The Kier molecular flexibility index (Phi) is 5.21. The molecule has 0 aromatic heterocycles. The summed E-state index contributed by atoms with van der Waals surface area (Å²) >= 11 is 6.04. The largest absolute Gasteiger partial charge is 0.494 e. The van der Waals surface area contributed by atoms with Crippen LogP contribution in [-0.4, -0.2) is 11.7 Å². The molecule has 0 amide bonds. The van der Waals surface area contributed by atoms with E-state index in [4.69, 9.17) is 16.3 Å². The van der Waals surface area contributed by atoms with Crippen molar-refractivity contribution in [3.05, 3.63) is 63.9 Å². The van der Waals surface area contributed by atoms with Gasteiger partial charge in [0.25, 0.3) is 0 Å². The molecular formula is C17H18ClFO2. The van der Waals surface area contributed by atoms with Gasteiger partial charge in [-0.15, -0.1) is 0 Å². The van der Waals surface area contributed by atoms with Gasteiger partial charge >= 0.3 is 0 Å². The Labute approximate surface area is 129 Å². The molecule has 4 heteroatoms. The van der Waals surface area contributed by atoms with Crippen molar-refractivity contribution in [3.8, 4) is 5.75 Å². The number of rotatable bonds is 5. The topological polar surface area (TPSA) is 29.5 Å². The van der Waals surface area contributed by atoms with Crippen LogP contribution in [0.1, 0.15) is 36.1 Å². The molecule has 1 N–H and O–H groups in total. The number of hydrogen-bond acceptors (Lipinski definition) is 2. The summed E-state index contributed by atoms with van der Waals surface area (Å²) in [6, 6.07) is 10.0. The minimum atomic E-state index is -0.915. The monoisotopic (exact) mass is 308 g/mol. The van der Waals surface area contributed by atoms with E-state index in [1.165, 1.54) is 6.07 Å². The second-order valence-corrected chi connectivity index (χ2v) is 5.35. The Morgan fingerprint density at radius 1 is 1.29 bits per heavy atom. The number of hydrogen-bond donors (Lipinski definition) is 1. The van der Waals surface area contributed by atoms with Gasteiger partial charge in [0, 0.05) is 10.6 Å². The van der Waals surface area contributed by atoms with Crippen LogP contribution in [0.5, 0.6) is 5.75 Å². The number of aliphatic hydroxyl groups is 1. The molecule has 0 aliphatic heterocycles. The molecule has 1 atom stereocenters. The summed E-state index contributed by atoms with van der Waals surface area (Å²) in [5.74, 6) is 0.319. The number of benzene rings is 2. The second-order valence-electron chi connectivity index (χ2n) is 4.95. The lowest BCUT2D eigenvalue weighted by Gasteiger charge is -2.15. The first-order valence-corrected chi connectivity index (χ1v) is 7.27. The van der Waals surface area contributed by atoms with Crippen molar-refractivity contribution in [1.82, 2.24) is 0 Å². The molecule has 0 aliphatic carbocycles. The Morgan fingerprint density at radius 2 is 2.05 bits per heavy atom. The fraction of sp³-hybridized carbons (Fsp3) is 0.294. The summed E-state index contributed by atoms with van der Waals surface area (Å²) in [5, 5.41) is 10.7. The highest BCUT2D eigenvalue weighted by Gasteiger charge is 2.16. The molecule has 2 aromatic rings. The molecule has 0 saturated heterocycles. The third kappa shape index (κ3) is 3.74. The lowest BCUT2D eigenvalue weighted by atomic mass is 9.99. The third-order valence-corrected chi connectivity index (χ3v) is 3.55. The van der Waals surface area contributed by atoms with E-state index in [1.807, 2.05) is 19.1 Å². The molecule has 0 heterocycles. The zero-order valence-electron chi connectivity index (χ0n) is 12.1. The van der Waals surface area contributed by atoms with E-state index in [2.05, 4.69) is 0 Å². The van der Waals surface area contributed by atoms with Crippen molar-refractivity contribution in [3.63, 3.8) is 0 Å².